The zero-order valence-corrected chi connectivity index (χ0v) is 10.5. The Morgan fingerprint density at radius 1 is 1.50 bits per heavy atom. The number of benzene rings is 1. The van der Waals surface area contributed by atoms with Crippen LogP contribution in [0.4, 0.5) is 11.4 Å². The van der Waals surface area contributed by atoms with E-state index in [1.165, 1.54) is 19.2 Å². The molecule has 0 saturated carbocycles. The molecule has 18 heavy (non-hydrogen) atoms. The van der Waals surface area contributed by atoms with Gasteiger partial charge in [-0.1, -0.05) is 0 Å². The quantitative estimate of drug-likeness (QED) is 0.627. The van der Waals surface area contributed by atoms with Gasteiger partial charge in [0, 0.05) is 0 Å². The van der Waals surface area contributed by atoms with Gasteiger partial charge in [-0.3, -0.25) is 14.9 Å². The molecule has 1 aromatic rings. The van der Waals surface area contributed by atoms with Crippen molar-refractivity contribution in [3.63, 3.8) is 0 Å². The maximum Gasteiger partial charge on any atom is 0.296 e. The number of amides is 1. The van der Waals surface area contributed by atoms with Crippen LogP contribution in [0.15, 0.2) is 18.2 Å². The Kier molecular flexibility index (Phi) is 4.61. The molecule has 1 aromatic carbocycles. The van der Waals surface area contributed by atoms with E-state index in [0.717, 1.165) is 0 Å². The minimum Gasteiger partial charge on any atom is -0.496 e. The number of nitro groups is 1. The van der Waals surface area contributed by atoms with E-state index in [2.05, 4.69) is 5.32 Å². The highest BCUT2D eigenvalue weighted by atomic mass is 16.6. The Bertz CT molecular complexity index is 460. The minimum atomic E-state index is -0.562. The van der Waals surface area contributed by atoms with Crippen LogP contribution < -0.4 is 10.1 Å². The number of ether oxygens (including phenoxy) is 1. The fourth-order valence-electron chi connectivity index (χ4n) is 1.37. The molecular weight excluding hydrogens is 238 g/mol. The van der Waals surface area contributed by atoms with Crippen molar-refractivity contribution in [2.24, 2.45) is 0 Å². The number of hydrogen-bond donors (Lipinski definition) is 1. The van der Waals surface area contributed by atoms with Gasteiger partial charge in [-0.25, -0.2) is 0 Å². The van der Waals surface area contributed by atoms with Crippen LogP contribution in [0.25, 0.3) is 0 Å². The molecule has 7 nitrogen and oxygen atoms in total. The van der Waals surface area contributed by atoms with Gasteiger partial charge in [-0.05, 0) is 26.2 Å². The van der Waals surface area contributed by atoms with E-state index in [9.17, 15) is 14.9 Å². The van der Waals surface area contributed by atoms with Crippen molar-refractivity contribution in [1.82, 2.24) is 4.90 Å². The number of nitrogens with zero attached hydrogens (tertiary/aromatic N) is 2. The van der Waals surface area contributed by atoms with Crippen molar-refractivity contribution in [1.29, 1.82) is 0 Å². The average Bonchev–Trinajstić information content (AvgIpc) is 2.28. The maximum atomic E-state index is 11.5. The topological polar surface area (TPSA) is 84.7 Å². The highest BCUT2D eigenvalue weighted by molar-refractivity contribution is 5.94. The molecule has 0 aliphatic heterocycles. The number of rotatable bonds is 5. The van der Waals surface area contributed by atoms with Gasteiger partial charge in [0.2, 0.25) is 5.91 Å². The van der Waals surface area contributed by atoms with E-state index in [4.69, 9.17) is 4.74 Å². The summed E-state index contributed by atoms with van der Waals surface area (Å²) < 4.78 is 4.90. The summed E-state index contributed by atoms with van der Waals surface area (Å²) in [6.07, 6.45) is 0. The van der Waals surface area contributed by atoms with Crippen molar-refractivity contribution in [2.75, 3.05) is 33.1 Å². The van der Waals surface area contributed by atoms with E-state index >= 15 is 0 Å². The summed E-state index contributed by atoms with van der Waals surface area (Å²) in [4.78, 5) is 23.5. The van der Waals surface area contributed by atoms with Crippen LogP contribution >= 0.6 is 0 Å². The Morgan fingerprint density at radius 3 is 2.67 bits per heavy atom. The van der Waals surface area contributed by atoms with Crippen LogP contribution in [0.1, 0.15) is 0 Å². The van der Waals surface area contributed by atoms with Gasteiger partial charge >= 0.3 is 0 Å². The standard InChI is InChI=1S/C11H15N3O4/c1-13(2)7-11(15)12-9-5-4-8(18-3)6-10(9)14(16)17/h4-6H,7H2,1-3H3,(H,12,15). The van der Waals surface area contributed by atoms with Crippen LogP contribution in [0.3, 0.4) is 0 Å². The van der Waals surface area contributed by atoms with Gasteiger partial charge in [0.15, 0.2) is 0 Å². The molecule has 1 rings (SSSR count). The predicted octanol–water partition coefficient (Wildman–Crippen LogP) is 1.10. The molecule has 0 atom stereocenters. The molecule has 0 bridgehead atoms. The normalized spacial score (nSPS) is 10.2. The monoisotopic (exact) mass is 253 g/mol. The molecule has 1 amide bonds. The first-order valence-electron chi connectivity index (χ1n) is 5.21. The largest absolute Gasteiger partial charge is 0.496 e. The Labute approximate surface area is 104 Å². The number of nitrogens with one attached hydrogen (secondary N) is 1. The van der Waals surface area contributed by atoms with Crippen molar-refractivity contribution >= 4 is 17.3 Å². The summed E-state index contributed by atoms with van der Waals surface area (Å²) in [7, 11) is 4.90. The summed E-state index contributed by atoms with van der Waals surface area (Å²) in [5, 5.41) is 13.4. The number of likely N-dealkylation sites (N-methyl/N-ethyl adjacent to an activating group) is 1. The molecule has 0 saturated heterocycles. The van der Waals surface area contributed by atoms with Crippen LogP contribution in [0, 0.1) is 10.1 Å². The van der Waals surface area contributed by atoms with Crippen LogP contribution in [0.5, 0.6) is 5.75 Å². The molecule has 7 heteroatoms. The summed E-state index contributed by atoms with van der Waals surface area (Å²) in [5.41, 5.74) is -0.0332. The SMILES string of the molecule is COc1ccc(NC(=O)CN(C)C)c([N+](=O)[O-])c1. The lowest BCUT2D eigenvalue weighted by Gasteiger charge is -2.10. The zero-order chi connectivity index (χ0) is 13.7. The summed E-state index contributed by atoms with van der Waals surface area (Å²) in [6.45, 7) is 0.156. The lowest BCUT2D eigenvalue weighted by Crippen LogP contribution is -2.27. The summed E-state index contributed by atoms with van der Waals surface area (Å²) in [5.74, 6) is 0.0561. The lowest BCUT2D eigenvalue weighted by atomic mass is 10.2. The van der Waals surface area contributed by atoms with Crippen molar-refractivity contribution in [3.8, 4) is 5.75 Å². The second kappa shape index (κ2) is 5.97. The molecule has 0 heterocycles. The highest BCUT2D eigenvalue weighted by Crippen LogP contribution is 2.28. The van der Waals surface area contributed by atoms with Gasteiger partial charge in [-0.2, -0.15) is 0 Å². The third kappa shape index (κ3) is 3.70. The number of methoxy groups -OCH3 is 1. The van der Waals surface area contributed by atoms with Crippen LogP contribution in [-0.2, 0) is 4.79 Å². The molecule has 0 fully saturated rings. The van der Waals surface area contributed by atoms with Crippen molar-refractivity contribution in [2.45, 2.75) is 0 Å². The second-order valence-electron chi connectivity index (χ2n) is 3.93. The Balaban J connectivity index is 2.94. The summed E-state index contributed by atoms with van der Waals surface area (Å²) in [6, 6.07) is 4.27. The number of carbonyl (C=O) groups is 1. The molecule has 1 N–H and O–H groups in total. The molecular formula is C11H15N3O4. The van der Waals surface area contributed by atoms with Gasteiger partial charge in [0.1, 0.15) is 11.4 Å². The van der Waals surface area contributed by atoms with E-state index in [-0.39, 0.29) is 23.8 Å². The molecule has 0 spiro atoms. The molecule has 0 aromatic heterocycles. The fourth-order valence-corrected chi connectivity index (χ4v) is 1.37. The number of hydrogen-bond acceptors (Lipinski definition) is 5. The first kappa shape index (κ1) is 13.9. The highest BCUT2D eigenvalue weighted by Gasteiger charge is 2.17. The fraction of sp³-hybridized carbons (Fsp3) is 0.364. The first-order valence-corrected chi connectivity index (χ1v) is 5.21. The van der Waals surface area contributed by atoms with Crippen LogP contribution in [-0.4, -0.2) is 43.5 Å². The van der Waals surface area contributed by atoms with Crippen molar-refractivity contribution in [3.05, 3.63) is 28.3 Å². The molecule has 0 aliphatic carbocycles. The number of anilines is 1. The minimum absolute atomic E-state index is 0.156. The van der Waals surface area contributed by atoms with E-state index < -0.39 is 4.92 Å². The van der Waals surface area contributed by atoms with Crippen molar-refractivity contribution < 1.29 is 14.5 Å². The van der Waals surface area contributed by atoms with Gasteiger partial charge < -0.3 is 15.0 Å². The number of carbonyl (C=O) groups excluding carboxylic acids is 1. The second-order valence-corrected chi connectivity index (χ2v) is 3.93. The van der Waals surface area contributed by atoms with Gasteiger partial charge in [-0.15, -0.1) is 0 Å². The smallest absolute Gasteiger partial charge is 0.296 e. The molecule has 0 aliphatic rings. The maximum absolute atomic E-state index is 11.5. The van der Waals surface area contributed by atoms with E-state index in [1.807, 2.05) is 0 Å². The van der Waals surface area contributed by atoms with E-state index in [1.54, 1.807) is 25.1 Å². The lowest BCUT2D eigenvalue weighted by molar-refractivity contribution is -0.384. The molecule has 0 radical (unpaired) electrons. The number of nitro benzene ring substituents is 1. The van der Waals surface area contributed by atoms with E-state index in [0.29, 0.717) is 5.75 Å². The average molecular weight is 253 g/mol. The van der Waals surface area contributed by atoms with Gasteiger partial charge in [0.05, 0.1) is 24.6 Å². The first-order chi connectivity index (χ1) is 8.43. The predicted molar refractivity (Wildman–Crippen MR) is 66.8 cm³/mol. The Hall–Kier alpha value is -2.15. The third-order valence-electron chi connectivity index (χ3n) is 2.14. The van der Waals surface area contributed by atoms with Gasteiger partial charge in [0.25, 0.3) is 5.69 Å². The molecule has 0 unspecified atom stereocenters. The third-order valence-corrected chi connectivity index (χ3v) is 2.14. The molecule has 98 valence electrons. The van der Waals surface area contributed by atoms with Crippen LogP contribution in [0.2, 0.25) is 0 Å². The Morgan fingerprint density at radius 2 is 2.17 bits per heavy atom. The zero-order valence-electron chi connectivity index (χ0n) is 10.5. The summed E-state index contributed by atoms with van der Waals surface area (Å²) >= 11 is 0.